The number of halogens is 3. The third kappa shape index (κ3) is 7.96. The van der Waals surface area contributed by atoms with Crippen LogP contribution in [-0.2, 0) is 13.2 Å². The Kier molecular flexibility index (Phi) is 11.2. The number of hydrogen-bond donors (Lipinski definition) is 1. The van der Waals surface area contributed by atoms with Crippen LogP contribution >= 0.6 is 24.0 Å². The molecule has 0 fully saturated rings. The van der Waals surface area contributed by atoms with Gasteiger partial charge in [-0.2, -0.15) is 0 Å². The molecule has 1 N–H and O–H groups in total. The lowest BCUT2D eigenvalue weighted by molar-refractivity contribution is 0.284. The van der Waals surface area contributed by atoms with Gasteiger partial charge in [0.25, 0.3) is 0 Å². The van der Waals surface area contributed by atoms with Crippen LogP contribution in [0.3, 0.4) is 0 Å². The Morgan fingerprint density at radius 2 is 1.85 bits per heavy atom. The molecular formula is C21H28Cl2FNO2. The first-order chi connectivity index (χ1) is 12.6. The molecule has 2 aromatic rings. The molecule has 0 aliphatic heterocycles. The van der Waals surface area contributed by atoms with Crippen LogP contribution in [-0.4, -0.2) is 13.7 Å². The van der Waals surface area contributed by atoms with E-state index < -0.39 is 0 Å². The summed E-state index contributed by atoms with van der Waals surface area (Å²) in [5, 5.41) is 3.81. The van der Waals surface area contributed by atoms with Crippen LogP contribution in [0.1, 0.15) is 43.7 Å². The second kappa shape index (κ2) is 12.8. The van der Waals surface area contributed by atoms with E-state index in [0.29, 0.717) is 16.5 Å². The lowest BCUT2D eigenvalue weighted by Gasteiger charge is -2.13. The fourth-order valence-corrected chi connectivity index (χ4v) is 2.87. The largest absolute Gasteiger partial charge is 0.493 e. The first-order valence-corrected chi connectivity index (χ1v) is 9.46. The number of benzene rings is 2. The molecule has 0 amide bonds. The van der Waals surface area contributed by atoms with E-state index >= 15 is 0 Å². The molecule has 27 heavy (non-hydrogen) atoms. The van der Waals surface area contributed by atoms with E-state index in [2.05, 4.69) is 12.2 Å². The van der Waals surface area contributed by atoms with Crippen molar-refractivity contribution < 1.29 is 13.9 Å². The fourth-order valence-electron chi connectivity index (χ4n) is 2.64. The maximum Gasteiger partial charge on any atom is 0.161 e. The number of hydrogen-bond acceptors (Lipinski definition) is 3. The number of methoxy groups -OCH3 is 1. The van der Waals surface area contributed by atoms with Crippen molar-refractivity contribution in [3.8, 4) is 11.5 Å². The lowest BCUT2D eigenvalue weighted by atomic mass is 10.2. The Morgan fingerprint density at radius 1 is 1.04 bits per heavy atom. The van der Waals surface area contributed by atoms with Crippen LogP contribution in [0.2, 0.25) is 5.02 Å². The van der Waals surface area contributed by atoms with Crippen molar-refractivity contribution in [3.63, 3.8) is 0 Å². The van der Waals surface area contributed by atoms with Gasteiger partial charge >= 0.3 is 0 Å². The summed E-state index contributed by atoms with van der Waals surface area (Å²) >= 11 is 6.04. The normalized spacial score (nSPS) is 10.4. The van der Waals surface area contributed by atoms with E-state index in [1.54, 1.807) is 13.2 Å². The van der Waals surface area contributed by atoms with Crippen LogP contribution < -0.4 is 14.8 Å². The summed E-state index contributed by atoms with van der Waals surface area (Å²) < 4.78 is 24.4. The molecule has 0 aliphatic rings. The second-order valence-electron chi connectivity index (χ2n) is 6.25. The maximum atomic E-state index is 13.1. The zero-order chi connectivity index (χ0) is 18.8. The monoisotopic (exact) mass is 415 g/mol. The Balaban J connectivity index is 0.00000364. The van der Waals surface area contributed by atoms with Gasteiger partial charge in [0.15, 0.2) is 11.5 Å². The van der Waals surface area contributed by atoms with Gasteiger partial charge in [-0.1, -0.05) is 49.9 Å². The summed E-state index contributed by atoms with van der Waals surface area (Å²) in [4.78, 5) is 0. The van der Waals surface area contributed by atoms with Crippen LogP contribution in [0.5, 0.6) is 11.5 Å². The Morgan fingerprint density at radius 3 is 2.56 bits per heavy atom. The highest BCUT2D eigenvalue weighted by Crippen LogP contribution is 2.29. The summed E-state index contributed by atoms with van der Waals surface area (Å²) in [5.74, 6) is 0.955. The molecule has 0 saturated heterocycles. The van der Waals surface area contributed by atoms with Gasteiger partial charge in [-0.05, 0) is 42.8 Å². The standard InChI is InChI=1S/C21H27ClFNO2.ClH/c1-3-4-5-6-11-24-14-16-7-10-20(21(12-16)25-2)26-15-17-8-9-18(23)13-19(17)22;/h7-10,12-13,24H,3-6,11,14-15H2,1-2H3;1H. The molecule has 0 saturated carbocycles. The highest BCUT2D eigenvalue weighted by molar-refractivity contribution is 6.31. The van der Waals surface area contributed by atoms with Gasteiger partial charge in [0, 0.05) is 12.1 Å². The Hall–Kier alpha value is -1.49. The molecule has 0 unspecified atom stereocenters. The SMILES string of the molecule is CCCCCCNCc1ccc(OCc2ccc(F)cc2Cl)c(OC)c1.Cl. The van der Waals surface area contributed by atoms with E-state index in [-0.39, 0.29) is 24.8 Å². The van der Waals surface area contributed by atoms with Crippen molar-refractivity contribution in [2.24, 2.45) is 0 Å². The molecule has 0 spiro atoms. The molecule has 3 nitrogen and oxygen atoms in total. The van der Waals surface area contributed by atoms with E-state index in [4.69, 9.17) is 21.1 Å². The van der Waals surface area contributed by atoms with Crippen LogP contribution in [0.25, 0.3) is 0 Å². The molecule has 0 aliphatic carbocycles. The van der Waals surface area contributed by atoms with Crippen LogP contribution in [0, 0.1) is 5.82 Å². The predicted molar refractivity (Wildman–Crippen MR) is 112 cm³/mol. The molecule has 0 aromatic heterocycles. The van der Waals surface area contributed by atoms with Crippen molar-refractivity contribution in [2.45, 2.75) is 45.8 Å². The van der Waals surface area contributed by atoms with Gasteiger partial charge in [-0.3, -0.25) is 0 Å². The predicted octanol–water partition coefficient (Wildman–Crippen LogP) is 6.16. The van der Waals surface area contributed by atoms with E-state index in [1.807, 2.05) is 18.2 Å². The highest BCUT2D eigenvalue weighted by Gasteiger charge is 2.08. The van der Waals surface area contributed by atoms with Gasteiger partial charge in [0.05, 0.1) is 12.1 Å². The summed E-state index contributed by atoms with van der Waals surface area (Å²) in [7, 11) is 1.62. The summed E-state index contributed by atoms with van der Waals surface area (Å²) in [6, 6.07) is 10.2. The fraction of sp³-hybridized carbons (Fsp3) is 0.429. The molecule has 150 valence electrons. The second-order valence-corrected chi connectivity index (χ2v) is 6.65. The number of ether oxygens (including phenoxy) is 2. The minimum absolute atomic E-state index is 0. The van der Waals surface area contributed by atoms with Crippen molar-refractivity contribution >= 4 is 24.0 Å². The number of unbranched alkanes of at least 4 members (excludes halogenated alkanes) is 3. The number of nitrogens with one attached hydrogen (secondary N) is 1. The van der Waals surface area contributed by atoms with Gasteiger partial charge in [-0.15, -0.1) is 12.4 Å². The number of rotatable bonds is 11. The molecule has 0 radical (unpaired) electrons. The molecule has 0 bridgehead atoms. The maximum absolute atomic E-state index is 13.1. The quantitative estimate of drug-likeness (QED) is 0.445. The van der Waals surface area contributed by atoms with Gasteiger partial charge in [0.1, 0.15) is 12.4 Å². The third-order valence-electron chi connectivity index (χ3n) is 4.16. The van der Waals surface area contributed by atoms with Crippen molar-refractivity contribution in [1.29, 1.82) is 0 Å². The van der Waals surface area contributed by atoms with E-state index in [9.17, 15) is 4.39 Å². The average Bonchev–Trinajstić information content (AvgIpc) is 2.64. The summed E-state index contributed by atoms with van der Waals surface area (Å²) in [5.41, 5.74) is 1.87. The van der Waals surface area contributed by atoms with Crippen LogP contribution in [0.15, 0.2) is 36.4 Å². The molecule has 2 aromatic carbocycles. The minimum atomic E-state index is -0.358. The Labute approximate surface area is 172 Å². The molecule has 0 atom stereocenters. The third-order valence-corrected chi connectivity index (χ3v) is 4.51. The van der Waals surface area contributed by atoms with Crippen molar-refractivity contribution in [3.05, 3.63) is 58.4 Å². The van der Waals surface area contributed by atoms with Gasteiger partial charge in [0.2, 0.25) is 0 Å². The first kappa shape index (κ1) is 23.5. The van der Waals surface area contributed by atoms with E-state index in [1.165, 1.54) is 37.8 Å². The van der Waals surface area contributed by atoms with Crippen LogP contribution in [0.4, 0.5) is 4.39 Å². The summed E-state index contributed by atoms with van der Waals surface area (Å²) in [6.07, 6.45) is 5.01. The summed E-state index contributed by atoms with van der Waals surface area (Å²) in [6.45, 7) is 4.29. The van der Waals surface area contributed by atoms with E-state index in [0.717, 1.165) is 24.2 Å². The Bertz CT molecular complexity index is 698. The lowest BCUT2D eigenvalue weighted by Crippen LogP contribution is -2.14. The zero-order valence-corrected chi connectivity index (χ0v) is 17.5. The highest BCUT2D eigenvalue weighted by atomic mass is 35.5. The van der Waals surface area contributed by atoms with Crippen molar-refractivity contribution in [2.75, 3.05) is 13.7 Å². The molecule has 0 heterocycles. The molecular weight excluding hydrogens is 388 g/mol. The average molecular weight is 416 g/mol. The van der Waals surface area contributed by atoms with Crippen molar-refractivity contribution in [1.82, 2.24) is 5.32 Å². The van der Waals surface area contributed by atoms with Gasteiger partial charge < -0.3 is 14.8 Å². The minimum Gasteiger partial charge on any atom is -0.493 e. The zero-order valence-electron chi connectivity index (χ0n) is 15.9. The first-order valence-electron chi connectivity index (χ1n) is 9.08. The topological polar surface area (TPSA) is 30.5 Å². The molecule has 6 heteroatoms. The van der Waals surface area contributed by atoms with Gasteiger partial charge in [-0.25, -0.2) is 4.39 Å². The molecule has 2 rings (SSSR count). The smallest absolute Gasteiger partial charge is 0.161 e.